The maximum atomic E-state index is 13.1. The third kappa shape index (κ3) is 3.42. The molecule has 21 heavy (non-hydrogen) atoms. The molecule has 1 heterocycles. The molecule has 6 nitrogen and oxygen atoms in total. The van der Waals surface area contributed by atoms with Gasteiger partial charge in [0.05, 0.1) is 25.2 Å². The number of rotatable bonds is 3. The van der Waals surface area contributed by atoms with Crippen molar-refractivity contribution in [3.8, 4) is 0 Å². The fourth-order valence-corrected chi connectivity index (χ4v) is 4.38. The van der Waals surface area contributed by atoms with Gasteiger partial charge < -0.3 is 9.47 Å². The molecule has 0 N–H and O–H groups in total. The summed E-state index contributed by atoms with van der Waals surface area (Å²) in [5.41, 5.74) is 0. The largest absolute Gasteiger partial charge is 0.467 e. The Labute approximate surface area is 130 Å². The average molecular weight is 382 g/mol. The number of methoxy groups -OCH3 is 1. The van der Waals surface area contributed by atoms with Crippen LogP contribution in [0.25, 0.3) is 0 Å². The third-order valence-electron chi connectivity index (χ3n) is 3.01. The van der Waals surface area contributed by atoms with Crippen LogP contribution < -0.4 is 0 Å². The first kappa shape index (κ1) is 16.3. The predicted octanol–water partition coefficient (Wildman–Crippen LogP) is 1.15. The highest BCUT2D eigenvalue weighted by Gasteiger charge is 2.35. The molecule has 1 unspecified atom stereocenters. The van der Waals surface area contributed by atoms with E-state index in [4.69, 9.17) is 4.74 Å². The van der Waals surface area contributed by atoms with Gasteiger partial charge in [-0.3, -0.25) is 0 Å². The Hall–Kier alpha value is -1.03. The van der Waals surface area contributed by atoms with Gasteiger partial charge in [-0.15, -0.1) is 0 Å². The van der Waals surface area contributed by atoms with Crippen molar-refractivity contribution in [2.24, 2.45) is 0 Å². The zero-order valence-corrected chi connectivity index (χ0v) is 13.5. The highest BCUT2D eigenvalue weighted by molar-refractivity contribution is 9.10. The average Bonchev–Trinajstić information content (AvgIpc) is 2.46. The number of sulfonamides is 1. The van der Waals surface area contributed by atoms with E-state index in [2.05, 4.69) is 20.7 Å². The van der Waals surface area contributed by atoms with Crippen molar-refractivity contribution >= 4 is 31.9 Å². The Morgan fingerprint density at radius 1 is 1.52 bits per heavy atom. The van der Waals surface area contributed by atoms with Gasteiger partial charge in [0.2, 0.25) is 10.0 Å². The highest BCUT2D eigenvalue weighted by Crippen LogP contribution is 2.27. The Kier molecular flexibility index (Phi) is 4.97. The lowest BCUT2D eigenvalue weighted by atomic mass is 10.3. The van der Waals surface area contributed by atoms with E-state index in [1.807, 2.05) is 0 Å². The van der Waals surface area contributed by atoms with E-state index in [1.54, 1.807) is 0 Å². The molecule has 1 aliphatic heterocycles. The van der Waals surface area contributed by atoms with E-state index in [0.717, 1.165) is 16.4 Å². The van der Waals surface area contributed by atoms with Gasteiger partial charge in [-0.25, -0.2) is 17.6 Å². The summed E-state index contributed by atoms with van der Waals surface area (Å²) in [6.45, 7) is 0.0519. The van der Waals surface area contributed by atoms with Crippen molar-refractivity contribution in [3.05, 3.63) is 28.5 Å². The Balaban J connectivity index is 2.28. The molecule has 0 spiro atoms. The van der Waals surface area contributed by atoms with Gasteiger partial charge in [-0.05, 0) is 34.1 Å². The van der Waals surface area contributed by atoms with Crippen molar-refractivity contribution < 1.29 is 27.1 Å². The molecule has 1 fully saturated rings. The molecule has 0 aliphatic carbocycles. The molecule has 1 aliphatic rings. The minimum Gasteiger partial charge on any atom is -0.467 e. The molecule has 1 atom stereocenters. The number of carbonyl (C=O) groups is 1. The smallest absolute Gasteiger partial charge is 0.336 e. The van der Waals surface area contributed by atoms with Gasteiger partial charge >= 0.3 is 5.97 Å². The summed E-state index contributed by atoms with van der Waals surface area (Å²) < 4.78 is 49.1. The predicted molar refractivity (Wildman–Crippen MR) is 74.6 cm³/mol. The number of hydrogen-bond donors (Lipinski definition) is 0. The third-order valence-corrected chi connectivity index (χ3v) is 5.85. The SMILES string of the molecule is COC(=O)C1CN(S(=O)(=O)c2ccc(F)cc2Br)CCO1. The van der Waals surface area contributed by atoms with Crippen LogP contribution in [-0.2, 0) is 24.3 Å². The van der Waals surface area contributed by atoms with E-state index in [9.17, 15) is 17.6 Å². The van der Waals surface area contributed by atoms with Gasteiger partial charge in [0, 0.05) is 11.0 Å². The summed E-state index contributed by atoms with van der Waals surface area (Å²) in [7, 11) is -2.65. The summed E-state index contributed by atoms with van der Waals surface area (Å²) in [6, 6.07) is 3.32. The van der Waals surface area contributed by atoms with Crippen molar-refractivity contribution in [2.45, 2.75) is 11.0 Å². The maximum Gasteiger partial charge on any atom is 0.336 e. The lowest BCUT2D eigenvalue weighted by Gasteiger charge is -2.30. The summed E-state index contributed by atoms with van der Waals surface area (Å²) in [5.74, 6) is -1.18. The van der Waals surface area contributed by atoms with Crippen LogP contribution in [0.4, 0.5) is 4.39 Å². The van der Waals surface area contributed by atoms with Crippen LogP contribution in [0.2, 0.25) is 0 Å². The molecule has 0 aromatic heterocycles. The first-order chi connectivity index (χ1) is 9.86. The Morgan fingerprint density at radius 2 is 2.24 bits per heavy atom. The number of halogens is 2. The molecular weight excluding hydrogens is 369 g/mol. The van der Waals surface area contributed by atoms with Gasteiger partial charge in [0.25, 0.3) is 0 Å². The van der Waals surface area contributed by atoms with Crippen molar-refractivity contribution in [1.29, 1.82) is 0 Å². The van der Waals surface area contributed by atoms with Gasteiger partial charge in [-0.1, -0.05) is 0 Å². The molecule has 1 aromatic carbocycles. The molecule has 116 valence electrons. The quantitative estimate of drug-likeness (QED) is 0.734. The first-order valence-electron chi connectivity index (χ1n) is 6.01. The first-order valence-corrected chi connectivity index (χ1v) is 8.24. The lowest BCUT2D eigenvalue weighted by Crippen LogP contribution is -2.48. The van der Waals surface area contributed by atoms with Gasteiger partial charge in [0.15, 0.2) is 6.10 Å². The molecule has 0 bridgehead atoms. The second kappa shape index (κ2) is 6.39. The Bertz CT molecular complexity index is 651. The van der Waals surface area contributed by atoms with E-state index in [-0.39, 0.29) is 29.1 Å². The van der Waals surface area contributed by atoms with E-state index < -0.39 is 27.9 Å². The van der Waals surface area contributed by atoms with Crippen LogP contribution in [0.5, 0.6) is 0 Å². The monoisotopic (exact) mass is 381 g/mol. The number of hydrogen-bond acceptors (Lipinski definition) is 5. The van der Waals surface area contributed by atoms with E-state index in [1.165, 1.54) is 13.2 Å². The molecule has 1 saturated heterocycles. The van der Waals surface area contributed by atoms with Gasteiger partial charge in [-0.2, -0.15) is 4.31 Å². The van der Waals surface area contributed by atoms with Crippen LogP contribution in [0, 0.1) is 5.82 Å². The topological polar surface area (TPSA) is 72.9 Å². The molecule has 0 amide bonds. The van der Waals surface area contributed by atoms with Crippen LogP contribution in [0.3, 0.4) is 0 Å². The summed E-state index contributed by atoms with van der Waals surface area (Å²) in [4.78, 5) is 11.4. The molecule has 1 aromatic rings. The van der Waals surface area contributed by atoms with E-state index in [0.29, 0.717) is 0 Å². The van der Waals surface area contributed by atoms with Crippen molar-refractivity contribution in [1.82, 2.24) is 4.31 Å². The normalized spacial score (nSPS) is 20.2. The Morgan fingerprint density at radius 3 is 2.86 bits per heavy atom. The van der Waals surface area contributed by atoms with Crippen LogP contribution in [0.1, 0.15) is 0 Å². The summed E-state index contributed by atoms with van der Waals surface area (Å²) in [6.07, 6.45) is -0.960. The standard InChI is InChI=1S/C12H13BrFNO5S/c1-19-12(16)10-7-15(4-5-20-10)21(17,18)11-3-2-8(14)6-9(11)13/h2-3,6,10H,4-5,7H2,1H3. The lowest BCUT2D eigenvalue weighted by molar-refractivity contribution is -0.157. The van der Waals surface area contributed by atoms with Crippen molar-refractivity contribution in [2.75, 3.05) is 26.8 Å². The number of nitrogens with zero attached hydrogens (tertiary/aromatic N) is 1. The summed E-state index contributed by atoms with van der Waals surface area (Å²) >= 11 is 3.04. The zero-order chi connectivity index (χ0) is 15.6. The molecule has 0 radical (unpaired) electrons. The highest BCUT2D eigenvalue weighted by atomic mass is 79.9. The van der Waals surface area contributed by atoms with Crippen LogP contribution >= 0.6 is 15.9 Å². The summed E-state index contributed by atoms with van der Waals surface area (Å²) in [5, 5.41) is 0. The number of ether oxygens (including phenoxy) is 2. The molecule has 0 saturated carbocycles. The van der Waals surface area contributed by atoms with E-state index >= 15 is 0 Å². The fraction of sp³-hybridized carbons (Fsp3) is 0.417. The zero-order valence-electron chi connectivity index (χ0n) is 11.1. The van der Waals surface area contributed by atoms with Crippen LogP contribution in [0.15, 0.2) is 27.6 Å². The second-order valence-electron chi connectivity index (χ2n) is 4.32. The minimum atomic E-state index is -3.85. The minimum absolute atomic E-state index is 0.0607. The fourth-order valence-electron chi connectivity index (χ4n) is 1.94. The number of carbonyl (C=O) groups excluding carboxylic acids is 1. The molecular formula is C12H13BrFNO5S. The van der Waals surface area contributed by atoms with Gasteiger partial charge in [0.1, 0.15) is 5.82 Å². The molecule has 2 rings (SSSR count). The van der Waals surface area contributed by atoms with Crippen LogP contribution in [-0.4, -0.2) is 51.6 Å². The maximum absolute atomic E-state index is 13.1. The number of esters is 1. The molecule has 9 heteroatoms. The number of benzene rings is 1. The second-order valence-corrected chi connectivity index (χ2v) is 7.08. The van der Waals surface area contributed by atoms with Crippen molar-refractivity contribution in [3.63, 3.8) is 0 Å². The number of morpholine rings is 1.